The number of rotatable bonds is 4. The summed E-state index contributed by atoms with van der Waals surface area (Å²) >= 11 is 0. The molecule has 0 aromatic carbocycles. The molecule has 29 heavy (non-hydrogen) atoms. The maximum atomic E-state index is 9.21. The molecule has 4 aliphatic rings. The molecule has 0 radical (unpaired) electrons. The van der Waals surface area contributed by atoms with Crippen LogP contribution in [0.1, 0.15) is 85.0 Å². The highest BCUT2D eigenvalue weighted by atomic mass is 16.2. The fourth-order valence-corrected chi connectivity index (χ4v) is 8.44. The average Bonchev–Trinajstić information content (AvgIpc) is 3.08. The van der Waals surface area contributed by atoms with E-state index in [4.69, 9.17) is 0 Å². The molecular weight excluding hydrogens is 352 g/mol. The highest BCUT2D eigenvalue weighted by Gasteiger charge is 2.59. The lowest BCUT2D eigenvalue weighted by molar-refractivity contribution is -0.108. The first-order valence-corrected chi connectivity index (χ1v) is 12.2. The Kier molecular flexibility index (Phi) is 5.64. The number of aliphatic hydroxyl groups excluding tert-OH is 1. The number of fused-ring (bicyclic) bond motifs is 5. The van der Waals surface area contributed by atoms with Crippen LogP contribution < -0.4 is 0 Å². The third-order valence-electron chi connectivity index (χ3n) is 10.2. The molecule has 4 saturated carbocycles. The van der Waals surface area contributed by atoms with Gasteiger partial charge in [-0.05, 0) is 110 Å². The summed E-state index contributed by atoms with van der Waals surface area (Å²) in [5, 5.41) is 9.21. The topological polar surface area (TPSA) is 20.2 Å². The van der Waals surface area contributed by atoms with E-state index in [2.05, 4.69) is 33.1 Å². The fourth-order valence-electron chi connectivity index (χ4n) is 8.44. The molecule has 0 bridgehead atoms. The van der Waals surface area contributed by atoms with Crippen molar-refractivity contribution in [3.8, 4) is 0 Å². The van der Waals surface area contributed by atoms with Gasteiger partial charge in [-0.3, -0.25) is 0 Å². The molecule has 1 nitrogen and oxygen atoms in total. The third kappa shape index (κ3) is 3.37. The van der Waals surface area contributed by atoms with Crippen molar-refractivity contribution in [2.75, 3.05) is 0 Å². The van der Waals surface area contributed by atoms with E-state index in [-0.39, 0.29) is 0 Å². The second kappa shape index (κ2) is 7.78. The lowest BCUT2D eigenvalue weighted by Gasteiger charge is -2.60. The standard InChI is InChI=1S/C28H42O/c1-19(21(3)18-29)9-10-20(2)24-13-14-25-23-12-11-22-8-6-7-16-27(22,4)26(23)15-17-28(24,25)5/h9-10,18,22-26,29H,1-2,6-8,11-17H2,3-5H3/t22?,23-,24+,25-,26-,27-,28+/m0/s1. The van der Waals surface area contributed by atoms with Crippen molar-refractivity contribution >= 4 is 0 Å². The third-order valence-corrected chi connectivity index (χ3v) is 10.2. The SMILES string of the molecule is C=C(C=CC(=C)[C@H]1CC[C@H]2[C@@H]3CCC4CCCC[C@]4(C)[C@H]3CC[C@]12C)C(C)=CO. The molecule has 0 saturated heterocycles. The molecular formula is C28H42O. The van der Waals surface area contributed by atoms with Gasteiger partial charge in [-0.2, -0.15) is 0 Å². The van der Waals surface area contributed by atoms with Crippen LogP contribution in [-0.4, -0.2) is 5.11 Å². The number of hydrogen-bond acceptors (Lipinski definition) is 1. The van der Waals surface area contributed by atoms with Gasteiger partial charge in [0.1, 0.15) is 0 Å². The van der Waals surface area contributed by atoms with E-state index in [9.17, 15) is 5.11 Å². The second-order valence-electron chi connectivity index (χ2n) is 11.3. The van der Waals surface area contributed by atoms with Crippen molar-refractivity contribution in [1.82, 2.24) is 0 Å². The van der Waals surface area contributed by atoms with Crippen LogP contribution in [0.15, 0.2) is 48.3 Å². The molecule has 0 heterocycles. The molecule has 4 fully saturated rings. The summed E-state index contributed by atoms with van der Waals surface area (Å²) in [5.74, 6) is 4.42. The maximum absolute atomic E-state index is 9.21. The summed E-state index contributed by atoms with van der Waals surface area (Å²) in [6.07, 6.45) is 19.8. The lowest BCUT2D eigenvalue weighted by atomic mass is 9.44. The van der Waals surface area contributed by atoms with Crippen molar-refractivity contribution in [3.63, 3.8) is 0 Å². The van der Waals surface area contributed by atoms with Gasteiger partial charge in [-0.1, -0.05) is 57.6 Å². The van der Waals surface area contributed by atoms with E-state index in [1.54, 1.807) is 0 Å². The zero-order valence-electron chi connectivity index (χ0n) is 19.1. The molecule has 1 unspecified atom stereocenters. The van der Waals surface area contributed by atoms with Crippen LogP contribution in [0.5, 0.6) is 0 Å². The van der Waals surface area contributed by atoms with Crippen molar-refractivity contribution < 1.29 is 5.11 Å². The van der Waals surface area contributed by atoms with Gasteiger partial charge in [0.15, 0.2) is 0 Å². The van der Waals surface area contributed by atoms with Gasteiger partial charge in [0.25, 0.3) is 0 Å². The van der Waals surface area contributed by atoms with Crippen molar-refractivity contribution in [1.29, 1.82) is 0 Å². The molecule has 0 aliphatic heterocycles. The molecule has 1 heteroatoms. The Morgan fingerprint density at radius 1 is 0.862 bits per heavy atom. The zero-order chi connectivity index (χ0) is 20.8. The molecule has 7 atom stereocenters. The molecule has 0 aromatic rings. The van der Waals surface area contributed by atoms with Crippen LogP contribution in [0, 0.1) is 40.4 Å². The highest BCUT2D eigenvalue weighted by molar-refractivity contribution is 5.38. The van der Waals surface area contributed by atoms with Gasteiger partial charge in [0.2, 0.25) is 0 Å². The predicted octanol–water partition coefficient (Wildman–Crippen LogP) is 8.17. The van der Waals surface area contributed by atoms with Gasteiger partial charge in [0, 0.05) is 0 Å². The highest BCUT2D eigenvalue weighted by Crippen LogP contribution is 2.68. The first kappa shape index (κ1) is 21.0. The van der Waals surface area contributed by atoms with E-state index in [0.717, 1.165) is 41.1 Å². The molecule has 0 amide bonds. The van der Waals surface area contributed by atoms with Crippen LogP contribution in [0.3, 0.4) is 0 Å². The zero-order valence-corrected chi connectivity index (χ0v) is 19.1. The number of allylic oxidation sites excluding steroid dienone is 5. The van der Waals surface area contributed by atoms with E-state index in [0.29, 0.717) is 16.7 Å². The number of hydrogen-bond donors (Lipinski definition) is 1. The Balaban J connectivity index is 1.51. The summed E-state index contributed by atoms with van der Waals surface area (Å²) in [4.78, 5) is 0. The quantitative estimate of drug-likeness (QED) is 0.376. The predicted molar refractivity (Wildman–Crippen MR) is 124 cm³/mol. The monoisotopic (exact) mass is 394 g/mol. The van der Waals surface area contributed by atoms with Crippen molar-refractivity contribution in [3.05, 3.63) is 48.3 Å². The van der Waals surface area contributed by atoms with Crippen molar-refractivity contribution in [2.24, 2.45) is 40.4 Å². The molecule has 160 valence electrons. The first-order valence-electron chi connectivity index (χ1n) is 12.2. The van der Waals surface area contributed by atoms with Crippen LogP contribution >= 0.6 is 0 Å². The van der Waals surface area contributed by atoms with Crippen molar-refractivity contribution in [2.45, 2.75) is 85.0 Å². The Hall–Kier alpha value is -1.24. The minimum atomic E-state index is 0.420. The minimum Gasteiger partial charge on any atom is -0.515 e. The normalized spacial score (nSPS) is 44.8. The maximum Gasteiger partial charge on any atom is 0.0826 e. The van der Waals surface area contributed by atoms with E-state index in [1.165, 1.54) is 69.8 Å². The summed E-state index contributed by atoms with van der Waals surface area (Å²) in [7, 11) is 0. The first-order chi connectivity index (χ1) is 13.8. The Bertz CT molecular complexity index is 727. The fraction of sp³-hybridized carbons (Fsp3) is 0.714. The summed E-state index contributed by atoms with van der Waals surface area (Å²) in [6, 6.07) is 0. The molecule has 0 aromatic heterocycles. The molecule has 1 N–H and O–H groups in total. The summed E-state index contributed by atoms with van der Waals surface area (Å²) < 4.78 is 0. The molecule has 4 rings (SSSR count). The Morgan fingerprint density at radius 2 is 1.62 bits per heavy atom. The van der Waals surface area contributed by atoms with Crippen LogP contribution in [-0.2, 0) is 0 Å². The smallest absolute Gasteiger partial charge is 0.0826 e. The average molecular weight is 395 g/mol. The molecule has 0 spiro atoms. The van der Waals surface area contributed by atoms with Crippen LogP contribution in [0.2, 0.25) is 0 Å². The number of aliphatic hydroxyl groups is 1. The van der Waals surface area contributed by atoms with Gasteiger partial charge in [0.05, 0.1) is 6.26 Å². The summed E-state index contributed by atoms with van der Waals surface area (Å²) in [6.45, 7) is 15.7. The summed E-state index contributed by atoms with van der Waals surface area (Å²) in [5.41, 5.74) is 4.02. The minimum absolute atomic E-state index is 0.420. The van der Waals surface area contributed by atoms with Gasteiger partial charge >= 0.3 is 0 Å². The molecule has 4 aliphatic carbocycles. The van der Waals surface area contributed by atoms with Crippen LogP contribution in [0.25, 0.3) is 0 Å². The van der Waals surface area contributed by atoms with E-state index >= 15 is 0 Å². The Morgan fingerprint density at radius 3 is 2.38 bits per heavy atom. The lowest BCUT2D eigenvalue weighted by Crippen LogP contribution is -2.52. The van der Waals surface area contributed by atoms with Gasteiger partial charge in [-0.25, -0.2) is 0 Å². The van der Waals surface area contributed by atoms with Gasteiger partial charge in [-0.15, -0.1) is 0 Å². The van der Waals surface area contributed by atoms with Crippen LogP contribution in [0.4, 0.5) is 0 Å². The second-order valence-corrected chi connectivity index (χ2v) is 11.3. The van der Waals surface area contributed by atoms with E-state index in [1.807, 2.05) is 13.0 Å². The Labute approximate surface area is 179 Å². The van der Waals surface area contributed by atoms with Gasteiger partial charge < -0.3 is 5.11 Å². The van der Waals surface area contributed by atoms with E-state index < -0.39 is 0 Å². The largest absolute Gasteiger partial charge is 0.515 e.